The molecule has 31 heavy (non-hydrogen) atoms. The van der Waals surface area contributed by atoms with E-state index in [1.165, 1.54) is 0 Å². The van der Waals surface area contributed by atoms with Crippen LogP contribution in [0.15, 0.2) is 42.5 Å². The predicted molar refractivity (Wildman–Crippen MR) is 121 cm³/mol. The number of hydrogen-bond acceptors (Lipinski definition) is 4. The number of amides is 1. The van der Waals surface area contributed by atoms with Gasteiger partial charge in [-0.05, 0) is 38.0 Å². The lowest BCUT2D eigenvalue weighted by Gasteiger charge is -2.26. The second kappa shape index (κ2) is 9.11. The number of piperidine rings is 1. The lowest BCUT2D eigenvalue weighted by Crippen LogP contribution is -2.45. The van der Waals surface area contributed by atoms with E-state index in [0.29, 0.717) is 21.4 Å². The summed E-state index contributed by atoms with van der Waals surface area (Å²) < 4.78 is 1.55. The summed E-state index contributed by atoms with van der Waals surface area (Å²) in [4.78, 5) is 13.1. The highest BCUT2D eigenvalue weighted by Crippen LogP contribution is 2.33. The van der Waals surface area contributed by atoms with Gasteiger partial charge in [-0.3, -0.25) is 10.2 Å². The molecule has 0 radical (unpaired) electrons. The van der Waals surface area contributed by atoms with Gasteiger partial charge in [0, 0.05) is 23.7 Å². The monoisotopic (exact) mass is 453 g/mol. The largest absolute Gasteiger partial charge is 0.287 e. The molecule has 0 unspecified atom stereocenters. The quantitative estimate of drug-likeness (QED) is 0.591. The lowest BCUT2D eigenvalue weighted by molar-refractivity contribution is 0.0744. The van der Waals surface area contributed by atoms with Crippen molar-refractivity contribution in [2.24, 2.45) is 0 Å². The van der Waals surface area contributed by atoms with Gasteiger partial charge in [0.05, 0.1) is 16.4 Å². The Morgan fingerprint density at radius 2 is 1.81 bits per heavy atom. The Bertz CT molecular complexity index is 1160. The first kappa shape index (κ1) is 21.4. The first-order valence-electron chi connectivity index (χ1n) is 10.1. The number of benzene rings is 2. The maximum Gasteiger partial charge on any atom is 0.287 e. The van der Waals surface area contributed by atoms with Crippen molar-refractivity contribution in [1.82, 2.24) is 20.2 Å². The highest BCUT2D eigenvalue weighted by Gasteiger charge is 2.27. The lowest BCUT2D eigenvalue weighted by atomic mass is 10.0. The van der Waals surface area contributed by atoms with Crippen LogP contribution >= 0.6 is 23.2 Å². The van der Waals surface area contributed by atoms with E-state index < -0.39 is 5.91 Å². The van der Waals surface area contributed by atoms with Crippen LogP contribution in [0.3, 0.4) is 0 Å². The summed E-state index contributed by atoms with van der Waals surface area (Å²) >= 11 is 12.5. The van der Waals surface area contributed by atoms with Crippen molar-refractivity contribution in [2.75, 3.05) is 13.1 Å². The van der Waals surface area contributed by atoms with E-state index in [2.05, 4.69) is 16.6 Å². The van der Waals surface area contributed by atoms with Gasteiger partial charge in [-0.25, -0.2) is 9.69 Å². The van der Waals surface area contributed by atoms with Crippen molar-refractivity contribution in [3.63, 3.8) is 0 Å². The molecule has 1 fully saturated rings. The standard InChI is InChI=1S/C23H21Cl2N5O/c1-15-5-7-16(8-6-15)22-18(14-26)21(23(31)28-29-11-3-2-4-12-29)27-30(22)20-10-9-17(24)13-19(20)25/h5-10,13H,2-4,11-12H2,1H3,(H,28,31). The van der Waals surface area contributed by atoms with Crippen molar-refractivity contribution in [3.05, 3.63) is 69.3 Å². The summed E-state index contributed by atoms with van der Waals surface area (Å²) in [5.41, 5.74) is 6.06. The fraction of sp³-hybridized carbons (Fsp3) is 0.261. The molecular weight excluding hydrogens is 433 g/mol. The summed E-state index contributed by atoms with van der Waals surface area (Å²) in [6, 6.07) is 14.9. The first-order chi connectivity index (χ1) is 15.0. The Labute approximate surface area is 191 Å². The van der Waals surface area contributed by atoms with Gasteiger partial charge in [-0.1, -0.05) is 59.5 Å². The smallest absolute Gasteiger partial charge is 0.283 e. The number of hydrazine groups is 1. The van der Waals surface area contributed by atoms with Gasteiger partial charge < -0.3 is 0 Å². The molecule has 0 aliphatic carbocycles. The van der Waals surface area contributed by atoms with Gasteiger partial charge in [-0.2, -0.15) is 10.4 Å². The van der Waals surface area contributed by atoms with Gasteiger partial charge in [-0.15, -0.1) is 0 Å². The number of nitrogens with one attached hydrogen (secondary N) is 1. The first-order valence-corrected chi connectivity index (χ1v) is 10.8. The van der Waals surface area contributed by atoms with E-state index in [-0.39, 0.29) is 11.3 Å². The van der Waals surface area contributed by atoms with Crippen molar-refractivity contribution in [2.45, 2.75) is 26.2 Å². The molecule has 0 saturated carbocycles. The summed E-state index contributed by atoms with van der Waals surface area (Å²) in [7, 11) is 0. The highest BCUT2D eigenvalue weighted by atomic mass is 35.5. The van der Waals surface area contributed by atoms with Crippen LogP contribution in [0.2, 0.25) is 10.0 Å². The van der Waals surface area contributed by atoms with Gasteiger partial charge in [0.2, 0.25) is 0 Å². The van der Waals surface area contributed by atoms with Crippen molar-refractivity contribution >= 4 is 29.1 Å². The van der Waals surface area contributed by atoms with Gasteiger partial charge >= 0.3 is 0 Å². The Morgan fingerprint density at radius 3 is 2.45 bits per heavy atom. The Hall–Kier alpha value is -2.85. The number of carbonyl (C=O) groups is 1. The third kappa shape index (κ3) is 4.45. The molecule has 4 rings (SSSR count). The van der Waals surface area contributed by atoms with Crippen LogP contribution in [0.1, 0.15) is 40.9 Å². The van der Waals surface area contributed by atoms with Crippen LogP contribution in [0.5, 0.6) is 0 Å². The molecule has 1 amide bonds. The minimum Gasteiger partial charge on any atom is -0.283 e. The number of hydrogen-bond donors (Lipinski definition) is 1. The fourth-order valence-corrected chi connectivity index (χ4v) is 4.18. The maximum absolute atomic E-state index is 13.1. The van der Waals surface area contributed by atoms with Crippen molar-refractivity contribution in [1.29, 1.82) is 5.26 Å². The average molecular weight is 454 g/mol. The molecule has 6 nitrogen and oxygen atoms in total. The molecule has 1 aliphatic heterocycles. The molecule has 8 heteroatoms. The number of aryl methyl sites for hydroxylation is 1. The zero-order chi connectivity index (χ0) is 22.0. The Balaban J connectivity index is 1.85. The summed E-state index contributed by atoms with van der Waals surface area (Å²) in [5, 5.41) is 17.3. The van der Waals surface area contributed by atoms with Crippen LogP contribution < -0.4 is 5.43 Å². The van der Waals surface area contributed by atoms with Crippen LogP contribution in [-0.2, 0) is 0 Å². The van der Waals surface area contributed by atoms with E-state index in [1.807, 2.05) is 36.2 Å². The fourth-order valence-electron chi connectivity index (χ4n) is 3.69. The van der Waals surface area contributed by atoms with Crippen LogP contribution in [-0.4, -0.2) is 33.8 Å². The third-order valence-corrected chi connectivity index (χ3v) is 5.83. The molecule has 158 valence electrons. The van der Waals surface area contributed by atoms with E-state index in [0.717, 1.165) is 43.5 Å². The number of rotatable bonds is 4. The molecule has 1 aromatic heterocycles. The maximum atomic E-state index is 13.1. The molecule has 1 aliphatic rings. The number of halogens is 2. The number of carbonyl (C=O) groups excluding carboxylic acids is 1. The molecule has 0 bridgehead atoms. The van der Waals surface area contributed by atoms with E-state index in [1.54, 1.807) is 22.9 Å². The number of nitrogens with zero attached hydrogens (tertiary/aromatic N) is 4. The van der Waals surface area contributed by atoms with Crippen LogP contribution in [0, 0.1) is 18.3 Å². The average Bonchev–Trinajstić information content (AvgIpc) is 3.14. The third-order valence-electron chi connectivity index (χ3n) is 5.29. The molecule has 2 aromatic carbocycles. The zero-order valence-electron chi connectivity index (χ0n) is 17.0. The van der Waals surface area contributed by atoms with E-state index in [9.17, 15) is 10.1 Å². The van der Waals surface area contributed by atoms with Crippen LogP contribution in [0.25, 0.3) is 16.9 Å². The normalized spacial score (nSPS) is 14.3. The second-order valence-corrected chi connectivity index (χ2v) is 8.39. The van der Waals surface area contributed by atoms with Crippen molar-refractivity contribution < 1.29 is 4.79 Å². The zero-order valence-corrected chi connectivity index (χ0v) is 18.5. The van der Waals surface area contributed by atoms with Gasteiger partial charge in [0.15, 0.2) is 5.69 Å². The number of aromatic nitrogens is 2. The Kier molecular flexibility index (Phi) is 6.28. The van der Waals surface area contributed by atoms with E-state index >= 15 is 0 Å². The van der Waals surface area contributed by atoms with Crippen molar-refractivity contribution in [3.8, 4) is 23.0 Å². The molecular formula is C23H21Cl2N5O. The Morgan fingerprint density at radius 1 is 1.10 bits per heavy atom. The molecule has 1 saturated heterocycles. The molecule has 1 N–H and O–H groups in total. The SMILES string of the molecule is Cc1ccc(-c2c(C#N)c(C(=O)NN3CCCCC3)nn2-c2ccc(Cl)cc2Cl)cc1. The highest BCUT2D eigenvalue weighted by molar-refractivity contribution is 6.35. The molecule has 0 atom stereocenters. The minimum atomic E-state index is -0.407. The van der Waals surface area contributed by atoms with Gasteiger partial charge in [0.25, 0.3) is 5.91 Å². The summed E-state index contributed by atoms with van der Waals surface area (Å²) in [5.74, 6) is -0.407. The second-order valence-electron chi connectivity index (χ2n) is 7.55. The molecule has 0 spiro atoms. The topological polar surface area (TPSA) is 74.0 Å². The van der Waals surface area contributed by atoms with Gasteiger partial charge in [0.1, 0.15) is 11.6 Å². The summed E-state index contributed by atoms with van der Waals surface area (Å²) in [6.45, 7) is 3.55. The minimum absolute atomic E-state index is 0.0645. The number of nitriles is 1. The van der Waals surface area contributed by atoms with Crippen LogP contribution in [0.4, 0.5) is 0 Å². The summed E-state index contributed by atoms with van der Waals surface area (Å²) in [6.07, 6.45) is 3.20. The molecule has 3 aromatic rings. The molecule has 2 heterocycles. The predicted octanol–water partition coefficient (Wildman–Crippen LogP) is 5.16. The van der Waals surface area contributed by atoms with E-state index in [4.69, 9.17) is 23.2 Å².